The van der Waals surface area contributed by atoms with Gasteiger partial charge >= 0.3 is 6.18 Å². The van der Waals surface area contributed by atoms with Crippen LogP contribution in [0.1, 0.15) is 18.1 Å². The fourth-order valence-corrected chi connectivity index (χ4v) is 1.49. The van der Waals surface area contributed by atoms with E-state index < -0.39 is 11.8 Å². The Morgan fingerprint density at radius 2 is 1.75 bits per heavy atom. The van der Waals surface area contributed by atoms with Gasteiger partial charge in [0, 0.05) is 6.61 Å². The summed E-state index contributed by atoms with van der Waals surface area (Å²) in [5, 5.41) is 18.3. The summed E-state index contributed by atoms with van der Waals surface area (Å²) < 4.78 is 37.9. The van der Waals surface area contributed by atoms with Crippen molar-refractivity contribution in [2.45, 2.75) is 25.1 Å². The van der Waals surface area contributed by atoms with Gasteiger partial charge in [-0.1, -0.05) is 24.3 Å². The standard InChI is InChI=1S/C11H13F3O2/c1-10(16,11(12,13)14)9-5-3-2-4-8(9)6-7-15/h2-5,15-16H,6-7H2,1H3. The van der Waals surface area contributed by atoms with Gasteiger partial charge in [0.2, 0.25) is 0 Å². The van der Waals surface area contributed by atoms with Gasteiger partial charge in [-0.3, -0.25) is 0 Å². The molecule has 0 heterocycles. The van der Waals surface area contributed by atoms with Crippen molar-refractivity contribution in [3.05, 3.63) is 35.4 Å². The highest BCUT2D eigenvalue weighted by Gasteiger charge is 2.51. The van der Waals surface area contributed by atoms with Gasteiger partial charge < -0.3 is 10.2 Å². The van der Waals surface area contributed by atoms with E-state index in [0.717, 1.165) is 0 Å². The highest BCUT2D eigenvalue weighted by Crippen LogP contribution is 2.39. The number of aliphatic hydroxyl groups excluding tert-OH is 1. The lowest BCUT2D eigenvalue weighted by Gasteiger charge is -2.28. The maximum Gasteiger partial charge on any atom is 0.421 e. The third-order valence-corrected chi connectivity index (χ3v) is 2.47. The van der Waals surface area contributed by atoms with E-state index >= 15 is 0 Å². The average molecular weight is 234 g/mol. The van der Waals surface area contributed by atoms with Crippen LogP contribution in [0.15, 0.2) is 24.3 Å². The molecule has 0 radical (unpaired) electrons. The van der Waals surface area contributed by atoms with E-state index in [0.29, 0.717) is 12.5 Å². The lowest BCUT2D eigenvalue weighted by atomic mass is 9.90. The van der Waals surface area contributed by atoms with Crippen molar-refractivity contribution in [3.8, 4) is 0 Å². The van der Waals surface area contributed by atoms with Gasteiger partial charge in [-0.05, 0) is 24.5 Å². The van der Waals surface area contributed by atoms with Crippen molar-refractivity contribution in [3.63, 3.8) is 0 Å². The highest BCUT2D eigenvalue weighted by molar-refractivity contribution is 5.33. The molecule has 2 nitrogen and oxygen atoms in total. The Kier molecular flexibility index (Phi) is 3.60. The van der Waals surface area contributed by atoms with Gasteiger partial charge in [-0.25, -0.2) is 0 Å². The largest absolute Gasteiger partial charge is 0.421 e. The fraction of sp³-hybridized carbons (Fsp3) is 0.455. The summed E-state index contributed by atoms with van der Waals surface area (Å²) in [5.41, 5.74) is -2.80. The number of benzene rings is 1. The first-order valence-corrected chi connectivity index (χ1v) is 4.79. The molecule has 1 unspecified atom stereocenters. The summed E-state index contributed by atoms with van der Waals surface area (Å²) in [6.07, 6.45) is -4.65. The summed E-state index contributed by atoms with van der Waals surface area (Å²) in [7, 11) is 0. The zero-order valence-corrected chi connectivity index (χ0v) is 8.75. The third-order valence-electron chi connectivity index (χ3n) is 2.47. The molecule has 0 aliphatic carbocycles. The maximum absolute atomic E-state index is 12.6. The summed E-state index contributed by atoms with van der Waals surface area (Å²) in [4.78, 5) is 0. The van der Waals surface area contributed by atoms with Crippen molar-refractivity contribution in [2.75, 3.05) is 6.61 Å². The molecule has 0 saturated carbocycles. The smallest absolute Gasteiger partial charge is 0.396 e. The predicted molar refractivity (Wildman–Crippen MR) is 52.9 cm³/mol. The van der Waals surface area contributed by atoms with Crippen molar-refractivity contribution in [1.29, 1.82) is 0 Å². The first-order valence-electron chi connectivity index (χ1n) is 4.79. The van der Waals surface area contributed by atoms with Gasteiger partial charge in [0.25, 0.3) is 0 Å². The molecule has 0 saturated heterocycles. The monoisotopic (exact) mass is 234 g/mol. The van der Waals surface area contributed by atoms with Crippen molar-refractivity contribution >= 4 is 0 Å². The van der Waals surface area contributed by atoms with E-state index in [2.05, 4.69) is 0 Å². The summed E-state index contributed by atoms with van der Waals surface area (Å²) in [5.74, 6) is 0. The van der Waals surface area contributed by atoms with Crippen LogP contribution in [0.25, 0.3) is 0 Å². The van der Waals surface area contributed by atoms with Crippen molar-refractivity contribution < 1.29 is 23.4 Å². The van der Waals surface area contributed by atoms with E-state index in [-0.39, 0.29) is 18.6 Å². The van der Waals surface area contributed by atoms with E-state index in [1.165, 1.54) is 18.2 Å². The summed E-state index contributed by atoms with van der Waals surface area (Å²) >= 11 is 0. The second-order valence-electron chi connectivity index (χ2n) is 3.70. The topological polar surface area (TPSA) is 40.5 Å². The molecule has 16 heavy (non-hydrogen) atoms. The molecule has 0 aromatic heterocycles. The Morgan fingerprint density at radius 1 is 1.19 bits per heavy atom. The number of halogens is 3. The molecule has 5 heteroatoms. The molecule has 0 aliphatic rings. The van der Waals surface area contributed by atoms with Gasteiger partial charge in [-0.15, -0.1) is 0 Å². The second-order valence-corrected chi connectivity index (χ2v) is 3.70. The van der Waals surface area contributed by atoms with Crippen molar-refractivity contribution in [1.82, 2.24) is 0 Å². The molecule has 0 bridgehead atoms. The van der Waals surface area contributed by atoms with E-state index in [9.17, 15) is 18.3 Å². The van der Waals surface area contributed by atoms with Crippen LogP contribution in [-0.2, 0) is 12.0 Å². The minimum atomic E-state index is -4.74. The SMILES string of the molecule is CC(O)(c1ccccc1CCO)C(F)(F)F. The molecular weight excluding hydrogens is 221 g/mol. The van der Waals surface area contributed by atoms with E-state index in [1.54, 1.807) is 6.07 Å². The minimum Gasteiger partial charge on any atom is -0.396 e. The number of hydrogen-bond acceptors (Lipinski definition) is 2. The molecular formula is C11H13F3O2. The van der Waals surface area contributed by atoms with Crippen LogP contribution >= 0.6 is 0 Å². The Bertz CT molecular complexity index is 358. The Morgan fingerprint density at radius 3 is 2.25 bits per heavy atom. The molecule has 0 aliphatic heterocycles. The minimum absolute atomic E-state index is 0.0857. The fourth-order valence-electron chi connectivity index (χ4n) is 1.49. The molecule has 0 spiro atoms. The zero-order chi connectivity index (χ0) is 12.4. The van der Waals surface area contributed by atoms with Gasteiger partial charge in [0.1, 0.15) is 0 Å². The van der Waals surface area contributed by atoms with Gasteiger partial charge in [0.15, 0.2) is 5.60 Å². The Labute approximate surface area is 91.3 Å². The van der Waals surface area contributed by atoms with Crippen LogP contribution in [-0.4, -0.2) is 23.0 Å². The molecule has 2 N–H and O–H groups in total. The second kappa shape index (κ2) is 4.43. The quantitative estimate of drug-likeness (QED) is 0.839. The number of alkyl halides is 3. The van der Waals surface area contributed by atoms with Gasteiger partial charge in [-0.2, -0.15) is 13.2 Å². The first-order chi connectivity index (χ1) is 7.30. The molecule has 90 valence electrons. The normalized spacial score (nSPS) is 15.9. The molecule has 1 aromatic rings. The van der Waals surface area contributed by atoms with Crippen LogP contribution in [0.4, 0.5) is 13.2 Å². The van der Waals surface area contributed by atoms with Crippen LogP contribution in [0.3, 0.4) is 0 Å². The van der Waals surface area contributed by atoms with E-state index in [4.69, 9.17) is 5.11 Å². The average Bonchev–Trinajstić information content (AvgIpc) is 2.17. The van der Waals surface area contributed by atoms with Crippen LogP contribution in [0.5, 0.6) is 0 Å². The summed E-state index contributed by atoms with van der Waals surface area (Å²) in [6, 6.07) is 5.68. The molecule has 1 atom stereocenters. The predicted octanol–water partition coefficient (Wildman–Crippen LogP) is 1.99. The Hall–Kier alpha value is -1.07. The Balaban J connectivity index is 3.21. The molecule has 1 rings (SSSR count). The lowest BCUT2D eigenvalue weighted by Crippen LogP contribution is -2.40. The molecule has 0 fully saturated rings. The molecule has 0 amide bonds. The maximum atomic E-state index is 12.6. The first kappa shape index (κ1) is 13.0. The highest BCUT2D eigenvalue weighted by atomic mass is 19.4. The van der Waals surface area contributed by atoms with Crippen LogP contribution < -0.4 is 0 Å². The number of rotatable bonds is 3. The lowest BCUT2D eigenvalue weighted by molar-refractivity contribution is -0.259. The zero-order valence-electron chi connectivity index (χ0n) is 8.75. The van der Waals surface area contributed by atoms with Gasteiger partial charge in [0.05, 0.1) is 0 Å². The molecule has 1 aromatic carbocycles. The van der Waals surface area contributed by atoms with Crippen LogP contribution in [0, 0.1) is 0 Å². The van der Waals surface area contributed by atoms with E-state index in [1.807, 2.05) is 0 Å². The third kappa shape index (κ3) is 2.36. The number of aliphatic hydroxyl groups is 2. The van der Waals surface area contributed by atoms with Crippen molar-refractivity contribution in [2.24, 2.45) is 0 Å². The number of hydrogen-bond donors (Lipinski definition) is 2. The van der Waals surface area contributed by atoms with Crippen LogP contribution in [0.2, 0.25) is 0 Å². The summed E-state index contributed by atoms with van der Waals surface area (Å²) in [6.45, 7) is 0.453.